The molecule has 0 aromatic heterocycles. The molecular weight excluding hydrogens is 283 g/mol. The minimum atomic E-state index is -4.37. The standard InChI is InChI=1S/C14H12F3N3O/c15-14(16,17)11-6-8-12(9-7-11)18-20-19-13(21)10-4-2-1-3-5-10/h1-9,18,20H,(H,19,21). The van der Waals surface area contributed by atoms with Gasteiger partial charge in [0.2, 0.25) is 0 Å². The summed E-state index contributed by atoms with van der Waals surface area (Å²) in [6.07, 6.45) is -4.37. The van der Waals surface area contributed by atoms with Crippen LogP contribution in [0.1, 0.15) is 15.9 Å². The minimum Gasteiger partial charge on any atom is -0.304 e. The van der Waals surface area contributed by atoms with Crippen LogP contribution in [0.3, 0.4) is 0 Å². The molecule has 0 bridgehead atoms. The van der Waals surface area contributed by atoms with Gasteiger partial charge in [0, 0.05) is 5.56 Å². The smallest absolute Gasteiger partial charge is 0.304 e. The summed E-state index contributed by atoms with van der Waals surface area (Å²) >= 11 is 0. The van der Waals surface area contributed by atoms with Gasteiger partial charge in [0.05, 0.1) is 11.3 Å². The molecule has 1 amide bonds. The molecule has 7 heteroatoms. The Labute approximate surface area is 118 Å². The van der Waals surface area contributed by atoms with Gasteiger partial charge in [-0.2, -0.15) is 13.2 Å². The molecule has 0 fully saturated rings. The summed E-state index contributed by atoms with van der Waals surface area (Å²) in [5, 5.41) is 0. The second-order valence-electron chi connectivity index (χ2n) is 4.15. The molecule has 2 aromatic rings. The number of benzene rings is 2. The Balaban J connectivity index is 1.85. The SMILES string of the molecule is O=C(NNNc1ccc(C(F)(F)F)cc1)c1ccccc1. The van der Waals surface area contributed by atoms with Gasteiger partial charge in [-0.05, 0) is 36.4 Å². The molecule has 0 atom stereocenters. The lowest BCUT2D eigenvalue weighted by Gasteiger charge is -2.11. The lowest BCUT2D eigenvalue weighted by atomic mass is 10.2. The van der Waals surface area contributed by atoms with Crippen LogP contribution in [0.15, 0.2) is 54.6 Å². The van der Waals surface area contributed by atoms with Crippen LogP contribution in [-0.2, 0) is 6.18 Å². The molecule has 4 nitrogen and oxygen atoms in total. The van der Waals surface area contributed by atoms with Crippen molar-refractivity contribution in [1.29, 1.82) is 0 Å². The van der Waals surface area contributed by atoms with E-state index in [2.05, 4.69) is 16.4 Å². The highest BCUT2D eigenvalue weighted by atomic mass is 19.4. The second-order valence-corrected chi connectivity index (χ2v) is 4.15. The number of nitrogens with one attached hydrogen (secondary N) is 3. The summed E-state index contributed by atoms with van der Waals surface area (Å²) in [7, 11) is 0. The molecule has 21 heavy (non-hydrogen) atoms. The Bertz CT molecular complexity index is 597. The zero-order valence-corrected chi connectivity index (χ0v) is 10.7. The van der Waals surface area contributed by atoms with E-state index in [4.69, 9.17) is 0 Å². The molecule has 0 spiro atoms. The molecule has 0 saturated carbocycles. The number of amides is 1. The van der Waals surface area contributed by atoms with Crippen LogP contribution in [0.2, 0.25) is 0 Å². The van der Waals surface area contributed by atoms with Crippen molar-refractivity contribution in [1.82, 2.24) is 11.0 Å². The predicted molar refractivity (Wildman–Crippen MR) is 72.1 cm³/mol. The highest BCUT2D eigenvalue weighted by Crippen LogP contribution is 2.29. The first-order valence-corrected chi connectivity index (χ1v) is 6.00. The number of rotatable bonds is 4. The summed E-state index contributed by atoms with van der Waals surface area (Å²) < 4.78 is 37.1. The third-order valence-electron chi connectivity index (χ3n) is 2.63. The topological polar surface area (TPSA) is 53.2 Å². The van der Waals surface area contributed by atoms with Crippen LogP contribution >= 0.6 is 0 Å². The van der Waals surface area contributed by atoms with Crippen molar-refractivity contribution in [3.05, 3.63) is 65.7 Å². The first kappa shape index (κ1) is 14.9. The van der Waals surface area contributed by atoms with Gasteiger partial charge in [-0.1, -0.05) is 18.2 Å². The fourth-order valence-electron chi connectivity index (χ4n) is 1.56. The normalized spacial score (nSPS) is 11.0. The molecule has 0 saturated heterocycles. The number of carbonyl (C=O) groups is 1. The molecule has 110 valence electrons. The van der Waals surface area contributed by atoms with Gasteiger partial charge < -0.3 is 5.43 Å². The minimum absolute atomic E-state index is 0.366. The van der Waals surface area contributed by atoms with Gasteiger partial charge in [-0.25, -0.2) is 0 Å². The van der Waals surface area contributed by atoms with Crippen molar-refractivity contribution >= 4 is 11.6 Å². The Kier molecular flexibility index (Phi) is 4.44. The fraction of sp³-hybridized carbons (Fsp3) is 0.0714. The average Bonchev–Trinajstić information content (AvgIpc) is 2.47. The molecule has 0 radical (unpaired) electrons. The van der Waals surface area contributed by atoms with E-state index in [9.17, 15) is 18.0 Å². The highest BCUT2D eigenvalue weighted by molar-refractivity contribution is 5.93. The lowest BCUT2D eigenvalue weighted by Crippen LogP contribution is -2.41. The molecule has 3 N–H and O–H groups in total. The maximum Gasteiger partial charge on any atom is 0.416 e. The van der Waals surface area contributed by atoms with Crippen molar-refractivity contribution in [2.24, 2.45) is 0 Å². The molecule has 0 aliphatic carbocycles. The third kappa shape index (κ3) is 4.22. The number of hydrogen-bond donors (Lipinski definition) is 3. The molecule has 2 rings (SSSR count). The first-order valence-electron chi connectivity index (χ1n) is 6.00. The van der Waals surface area contributed by atoms with Gasteiger partial charge in [-0.15, -0.1) is 5.53 Å². The number of carbonyl (C=O) groups excluding carboxylic acids is 1. The fourth-order valence-corrected chi connectivity index (χ4v) is 1.56. The second kappa shape index (κ2) is 6.27. The van der Waals surface area contributed by atoms with Gasteiger partial charge in [-0.3, -0.25) is 10.2 Å². The van der Waals surface area contributed by atoms with Gasteiger partial charge in [0.1, 0.15) is 0 Å². The van der Waals surface area contributed by atoms with E-state index in [-0.39, 0.29) is 5.91 Å². The summed E-state index contributed by atoms with van der Waals surface area (Å²) in [5.74, 6) is -0.366. The van der Waals surface area contributed by atoms with E-state index >= 15 is 0 Å². The molecule has 0 aliphatic rings. The van der Waals surface area contributed by atoms with Gasteiger partial charge >= 0.3 is 6.18 Å². The summed E-state index contributed by atoms with van der Waals surface area (Å²) in [4.78, 5) is 11.7. The molecule has 0 unspecified atom stereocenters. The monoisotopic (exact) mass is 295 g/mol. The van der Waals surface area contributed by atoms with Crippen LogP contribution in [0.5, 0.6) is 0 Å². The maximum absolute atomic E-state index is 12.4. The number of anilines is 1. The van der Waals surface area contributed by atoms with Crippen molar-refractivity contribution < 1.29 is 18.0 Å². The maximum atomic E-state index is 12.4. The van der Waals surface area contributed by atoms with Crippen molar-refractivity contribution in [2.45, 2.75) is 6.18 Å². The quantitative estimate of drug-likeness (QED) is 0.760. The van der Waals surface area contributed by atoms with Gasteiger partial charge in [0.25, 0.3) is 5.91 Å². The summed E-state index contributed by atoms with van der Waals surface area (Å²) in [6, 6.07) is 12.9. The molecule has 2 aromatic carbocycles. The summed E-state index contributed by atoms with van der Waals surface area (Å²) in [5.41, 5.74) is 7.48. The Hall–Kier alpha value is -2.54. The van der Waals surface area contributed by atoms with Gasteiger partial charge in [0.15, 0.2) is 0 Å². The van der Waals surface area contributed by atoms with Crippen LogP contribution < -0.4 is 16.4 Å². The Morgan fingerprint density at radius 2 is 1.52 bits per heavy atom. The zero-order valence-electron chi connectivity index (χ0n) is 10.7. The van der Waals surface area contributed by atoms with E-state index in [1.54, 1.807) is 30.3 Å². The number of hydrazine groups is 2. The Morgan fingerprint density at radius 1 is 0.905 bits per heavy atom. The highest BCUT2D eigenvalue weighted by Gasteiger charge is 2.29. The van der Waals surface area contributed by atoms with Crippen LogP contribution in [0, 0.1) is 0 Å². The predicted octanol–water partition coefficient (Wildman–Crippen LogP) is 2.97. The number of hydrogen-bond acceptors (Lipinski definition) is 3. The molecule has 0 aliphatic heterocycles. The van der Waals surface area contributed by atoms with Crippen LogP contribution in [-0.4, -0.2) is 5.91 Å². The average molecular weight is 295 g/mol. The van der Waals surface area contributed by atoms with Crippen molar-refractivity contribution in [3.8, 4) is 0 Å². The molecular formula is C14H12F3N3O. The van der Waals surface area contributed by atoms with Crippen LogP contribution in [0.4, 0.5) is 18.9 Å². The van der Waals surface area contributed by atoms with Crippen LogP contribution in [0.25, 0.3) is 0 Å². The largest absolute Gasteiger partial charge is 0.416 e. The van der Waals surface area contributed by atoms with E-state index in [0.29, 0.717) is 11.3 Å². The number of halogens is 3. The van der Waals surface area contributed by atoms with E-state index < -0.39 is 11.7 Å². The van der Waals surface area contributed by atoms with Crippen molar-refractivity contribution in [3.63, 3.8) is 0 Å². The van der Waals surface area contributed by atoms with E-state index in [1.807, 2.05) is 0 Å². The summed E-state index contributed by atoms with van der Waals surface area (Å²) in [6.45, 7) is 0. The van der Waals surface area contributed by atoms with Crippen molar-refractivity contribution in [2.75, 3.05) is 5.43 Å². The third-order valence-corrected chi connectivity index (χ3v) is 2.63. The Morgan fingerprint density at radius 3 is 2.10 bits per heavy atom. The number of alkyl halides is 3. The molecule has 0 heterocycles. The van der Waals surface area contributed by atoms with E-state index in [0.717, 1.165) is 12.1 Å². The lowest BCUT2D eigenvalue weighted by molar-refractivity contribution is -0.137. The van der Waals surface area contributed by atoms with E-state index in [1.165, 1.54) is 12.1 Å². The first-order chi connectivity index (χ1) is 9.97. The zero-order chi connectivity index (χ0) is 15.3.